The number of imide groups is 1. The Morgan fingerprint density at radius 3 is 2.60 bits per heavy atom. The molecule has 7 rings (SSSR count). The molecule has 3 heterocycles. The molecule has 1 aromatic heterocycles. The number of nitro groups is 1. The summed E-state index contributed by atoms with van der Waals surface area (Å²) in [5, 5.41) is 22.2. The molecule has 0 spiro atoms. The number of hydrogen-bond donors (Lipinski definition) is 2. The summed E-state index contributed by atoms with van der Waals surface area (Å²) in [6, 6.07) is 11.6. The number of carbonyl (C=O) groups excluding carboxylic acids is 2. The number of aromatic amines is 1. The maximum atomic E-state index is 13.4. The van der Waals surface area contributed by atoms with Crippen molar-refractivity contribution in [3.05, 3.63) is 83.3 Å². The van der Waals surface area contributed by atoms with Crippen LogP contribution in [0.25, 0.3) is 0 Å². The van der Waals surface area contributed by atoms with E-state index in [0.29, 0.717) is 32.7 Å². The van der Waals surface area contributed by atoms with Crippen LogP contribution in [0.1, 0.15) is 28.3 Å². The summed E-state index contributed by atoms with van der Waals surface area (Å²) < 4.78 is 6.24. The van der Waals surface area contributed by atoms with Gasteiger partial charge in [-0.05, 0) is 36.3 Å². The molecule has 2 bridgehead atoms. The molecule has 4 aliphatic rings. The van der Waals surface area contributed by atoms with Gasteiger partial charge in [-0.3, -0.25) is 34.2 Å². The number of carbonyl (C=O) groups is 3. The maximum Gasteiger partial charge on any atom is 0.323 e. The molecule has 2 aliphatic heterocycles. The first-order valence-electron chi connectivity index (χ1n) is 13.2. The van der Waals surface area contributed by atoms with E-state index in [9.17, 15) is 34.4 Å². The molecule has 3 aromatic rings. The van der Waals surface area contributed by atoms with E-state index in [1.165, 1.54) is 23.9 Å². The number of rotatable bonds is 7. The van der Waals surface area contributed by atoms with Crippen LogP contribution >= 0.6 is 34.7 Å². The molecule has 0 unspecified atom stereocenters. The van der Waals surface area contributed by atoms with Gasteiger partial charge in [-0.25, -0.2) is 0 Å². The van der Waals surface area contributed by atoms with Crippen LogP contribution in [0.3, 0.4) is 0 Å². The first-order chi connectivity index (χ1) is 20.1. The number of fused-ring (bicyclic) bond motifs is 9. The number of halogens is 1. The van der Waals surface area contributed by atoms with Crippen LogP contribution in [0.5, 0.6) is 5.75 Å². The summed E-state index contributed by atoms with van der Waals surface area (Å²) in [6.07, 6.45) is 0.594. The van der Waals surface area contributed by atoms with E-state index in [4.69, 9.17) is 16.3 Å². The number of H-pyrrole nitrogens is 1. The third-order valence-corrected chi connectivity index (χ3v) is 11.9. The van der Waals surface area contributed by atoms with Gasteiger partial charge in [0.15, 0.2) is 0 Å². The Hall–Kier alpha value is -3.68. The molecule has 2 aliphatic carbocycles. The van der Waals surface area contributed by atoms with E-state index >= 15 is 0 Å². The van der Waals surface area contributed by atoms with Crippen LogP contribution in [0.15, 0.2) is 52.3 Å². The molecule has 11 nitrogen and oxygen atoms in total. The zero-order chi connectivity index (χ0) is 29.4. The maximum absolute atomic E-state index is 13.4. The van der Waals surface area contributed by atoms with Gasteiger partial charge in [0.05, 0.1) is 21.8 Å². The standard InChI is InChI=1S/C28H22ClN3O8S2/c29-16-4-2-1-3-11(16)10-40-17-6-5-12(32(38)39)7-13(17)19-20-14-8-15(23(20)41-25-24(19)42-28(37)30-25)22-21(14)26(35)31(27(22)36)9-18(33)34/h1-7,14-15,19-23H,8-10H2,(H,30,37)(H,33,34)/t14-,15+,19-,20+,21+,22+,23-/m1/s1. The van der Waals surface area contributed by atoms with Crippen LogP contribution in [0, 0.1) is 39.7 Å². The average molecular weight is 628 g/mol. The Balaban J connectivity index is 1.33. The van der Waals surface area contributed by atoms with Crippen LogP contribution in [-0.2, 0) is 21.0 Å². The van der Waals surface area contributed by atoms with Gasteiger partial charge < -0.3 is 14.8 Å². The minimum Gasteiger partial charge on any atom is -0.489 e. The molecule has 7 atom stereocenters. The zero-order valence-corrected chi connectivity index (χ0v) is 24.0. The summed E-state index contributed by atoms with van der Waals surface area (Å²) in [5.74, 6) is -4.36. The minimum absolute atomic E-state index is 0.101. The lowest BCUT2D eigenvalue weighted by Gasteiger charge is -2.43. The lowest BCUT2D eigenvalue weighted by atomic mass is 9.68. The topological polar surface area (TPSA) is 160 Å². The number of carboxylic acid groups (broad SMARTS) is 1. The number of carboxylic acids is 1. The van der Waals surface area contributed by atoms with E-state index < -0.39 is 47.0 Å². The fraction of sp³-hybridized carbons (Fsp3) is 0.357. The molecule has 14 heteroatoms. The molecule has 3 fully saturated rings. The van der Waals surface area contributed by atoms with Gasteiger partial charge in [0.2, 0.25) is 11.8 Å². The molecule has 42 heavy (non-hydrogen) atoms. The smallest absolute Gasteiger partial charge is 0.323 e. The number of ether oxygens (including phenoxy) is 1. The number of nitro benzene ring substituents is 1. The first kappa shape index (κ1) is 27.2. The van der Waals surface area contributed by atoms with E-state index in [-0.39, 0.29) is 40.2 Å². The molecule has 2 N–H and O–H groups in total. The highest BCUT2D eigenvalue weighted by Crippen LogP contribution is 2.69. The number of likely N-dealkylation sites (tertiary alicyclic amines) is 1. The van der Waals surface area contributed by atoms with E-state index in [1.54, 1.807) is 18.2 Å². The normalized spacial score (nSPS) is 28.9. The number of aromatic nitrogens is 1. The van der Waals surface area contributed by atoms with Crippen LogP contribution in [0.4, 0.5) is 5.69 Å². The minimum atomic E-state index is -1.26. The summed E-state index contributed by atoms with van der Waals surface area (Å²) >= 11 is 8.84. The second-order valence-corrected chi connectivity index (χ2v) is 13.6. The highest BCUT2D eigenvalue weighted by molar-refractivity contribution is 8.00. The molecular weight excluding hydrogens is 606 g/mol. The molecule has 2 amide bonds. The fourth-order valence-electron chi connectivity index (χ4n) is 7.51. The van der Waals surface area contributed by atoms with Gasteiger partial charge in [0, 0.05) is 44.3 Å². The van der Waals surface area contributed by atoms with Crippen molar-refractivity contribution in [3.8, 4) is 5.75 Å². The highest BCUT2D eigenvalue weighted by Gasteiger charge is 2.69. The lowest BCUT2D eigenvalue weighted by molar-refractivity contribution is -0.385. The van der Waals surface area contributed by atoms with E-state index in [1.807, 2.05) is 12.1 Å². The van der Waals surface area contributed by atoms with Gasteiger partial charge in [-0.15, -0.1) is 11.8 Å². The Morgan fingerprint density at radius 1 is 1.14 bits per heavy atom. The van der Waals surface area contributed by atoms with Gasteiger partial charge >= 0.3 is 10.8 Å². The number of nitrogens with one attached hydrogen (secondary N) is 1. The summed E-state index contributed by atoms with van der Waals surface area (Å²) in [5.41, 5.74) is 1.10. The van der Waals surface area contributed by atoms with Crippen LogP contribution < -0.4 is 9.61 Å². The number of nitrogens with zero attached hydrogens (tertiary/aromatic N) is 2. The van der Waals surface area contributed by atoms with Crippen molar-refractivity contribution in [2.75, 3.05) is 6.54 Å². The van der Waals surface area contributed by atoms with Crippen molar-refractivity contribution in [2.45, 2.75) is 29.2 Å². The summed E-state index contributed by atoms with van der Waals surface area (Å²) in [7, 11) is 0. The van der Waals surface area contributed by atoms with Gasteiger partial charge in [-0.1, -0.05) is 41.1 Å². The predicted octanol–water partition coefficient (Wildman–Crippen LogP) is 4.13. The largest absolute Gasteiger partial charge is 0.489 e. The number of aliphatic carboxylic acids is 1. The summed E-state index contributed by atoms with van der Waals surface area (Å²) in [4.78, 5) is 66.4. The second kappa shape index (κ2) is 9.96. The predicted molar refractivity (Wildman–Crippen MR) is 152 cm³/mol. The fourth-order valence-corrected chi connectivity index (χ4v) is 10.6. The van der Waals surface area contributed by atoms with Crippen molar-refractivity contribution < 1.29 is 29.2 Å². The average Bonchev–Trinajstić information content (AvgIpc) is 3.68. The number of non-ortho nitro benzene ring substituents is 1. The third kappa shape index (κ3) is 4.08. The Labute approximate surface area is 251 Å². The van der Waals surface area contributed by atoms with Gasteiger partial charge in [-0.2, -0.15) is 0 Å². The Bertz CT molecular complexity index is 1740. The first-order valence-corrected chi connectivity index (χ1v) is 15.3. The SMILES string of the molecule is O=C(O)CN1C(=O)[C@H]2[C@@H]3C[C@@H]([C@@H]2C1=O)[C@H]1[C@@H](c2cc([N+](=O)[O-])ccc2OCc2ccccc2Cl)c2sc(=O)[nH]c2S[C@H]31. The molecule has 2 aromatic carbocycles. The van der Waals surface area contributed by atoms with Gasteiger partial charge in [0.1, 0.15) is 18.9 Å². The van der Waals surface area contributed by atoms with Crippen molar-refractivity contribution in [3.63, 3.8) is 0 Å². The van der Waals surface area contributed by atoms with Crippen LogP contribution in [0.2, 0.25) is 5.02 Å². The van der Waals surface area contributed by atoms with Crippen molar-refractivity contribution in [1.29, 1.82) is 0 Å². The Kier molecular flexibility index (Phi) is 6.44. The monoisotopic (exact) mass is 627 g/mol. The Morgan fingerprint density at radius 2 is 1.88 bits per heavy atom. The second-order valence-electron chi connectivity index (χ2n) is 11.0. The molecular formula is C28H22ClN3O8S2. The quantitative estimate of drug-likeness (QED) is 0.223. The van der Waals surface area contributed by atoms with E-state index in [2.05, 4.69) is 4.98 Å². The number of thiazole rings is 1. The molecule has 1 saturated heterocycles. The third-order valence-electron chi connectivity index (χ3n) is 8.99. The van der Waals surface area contributed by atoms with Gasteiger partial charge in [0.25, 0.3) is 5.69 Å². The molecule has 216 valence electrons. The van der Waals surface area contributed by atoms with Crippen molar-refractivity contribution >= 4 is 58.2 Å². The van der Waals surface area contributed by atoms with Crippen molar-refractivity contribution in [2.24, 2.45) is 29.6 Å². The van der Waals surface area contributed by atoms with Crippen molar-refractivity contribution in [1.82, 2.24) is 9.88 Å². The number of hydrogen-bond acceptors (Lipinski definition) is 9. The lowest BCUT2D eigenvalue weighted by Crippen LogP contribution is -2.42. The zero-order valence-electron chi connectivity index (χ0n) is 21.6. The summed E-state index contributed by atoms with van der Waals surface area (Å²) in [6.45, 7) is -0.578. The number of amides is 2. The molecule has 0 radical (unpaired) electrons. The number of benzene rings is 2. The highest BCUT2D eigenvalue weighted by atomic mass is 35.5. The van der Waals surface area contributed by atoms with Crippen LogP contribution in [-0.4, -0.2) is 49.5 Å². The molecule has 2 saturated carbocycles. The van der Waals surface area contributed by atoms with E-state index in [0.717, 1.165) is 21.8 Å². The number of thioether (sulfide) groups is 1.